The molecule has 43 valence electrons. The summed E-state index contributed by atoms with van der Waals surface area (Å²) in [6, 6.07) is 0. The Bertz CT molecular complexity index is 24.9. The number of hydrogen-bond donors (Lipinski definition) is 0. The maximum Gasteiger partial charge on any atom is 0 e. The first-order valence-electron chi connectivity index (χ1n) is 1.49. The molecule has 0 amide bonds. The van der Waals surface area contributed by atoms with Crippen molar-refractivity contribution >= 4 is 19.8 Å². The van der Waals surface area contributed by atoms with Gasteiger partial charge in [0.1, 0.15) is 0 Å². The van der Waals surface area contributed by atoms with Crippen LogP contribution in [0.4, 0.5) is 0 Å². The molecule has 0 nitrogen and oxygen atoms in total. The van der Waals surface area contributed by atoms with E-state index in [0.717, 1.165) is 0 Å². The molecule has 3 heteroatoms. The molecule has 0 atom stereocenters. The minimum atomic E-state index is 0. The zero-order valence-electron chi connectivity index (χ0n) is 4.49. The van der Waals surface area contributed by atoms with E-state index >= 15 is 0 Å². The standard InChI is InChI=1S/C4H8.2ClH.Ga/c1-3-4-2;;;/h3-4H,1-2H3;2*1H;/p-2/b4-3+;;;. The van der Waals surface area contributed by atoms with Crippen LogP contribution in [0, 0.1) is 0 Å². The molecule has 0 bridgehead atoms. The van der Waals surface area contributed by atoms with E-state index in [2.05, 4.69) is 0 Å². The van der Waals surface area contributed by atoms with E-state index in [1.165, 1.54) is 0 Å². The molecule has 3 radical (unpaired) electrons. The molecule has 0 aliphatic heterocycles. The van der Waals surface area contributed by atoms with Crippen LogP contribution in [0.1, 0.15) is 13.8 Å². The average molecular weight is 197 g/mol. The zero-order valence-corrected chi connectivity index (χ0v) is 8.42. The van der Waals surface area contributed by atoms with Gasteiger partial charge in [0.2, 0.25) is 0 Å². The van der Waals surface area contributed by atoms with E-state index in [0.29, 0.717) is 0 Å². The van der Waals surface area contributed by atoms with Crippen molar-refractivity contribution in [3.05, 3.63) is 12.2 Å². The van der Waals surface area contributed by atoms with Crippen molar-refractivity contribution in [3.63, 3.8) is 0 Å². The first-order valence-corrected chi connectivity index (χ1v) is 1.49. The Kier molecular flexibility index (Phi) is 99.2. The Labute approximate surface area is 70.6 Å². The third-order valence-electron chi connectivity index (χ3n) is 0.333. The van der Waals surface area contributed by atoms with E-state index in [-0.39, 0.29) is 44.6 Å². The van der Waals surface area contributed by atoms with Crippen molar-refractivity contribution in [1.29, 1.82) is 0 Å². The first-order chi connectivity index (χ1) is 1.91. The third kappa shape index (κ3) is 44.6. The predicted molar refractivity (Wildman–Crippen MR) is 26.2 cm³/mol. The Balaban J connectivity index is -0.0000000150. The molecule has 0 N–H and O–H groups in total. The maximum atomic E-state index is 2.00. The summed E-state index contributed by atoms with van der Waals surface area (Å²) in [7, 11) is 0. The van der Waals surface area contributed by atoms with Crippen molar-refractivity contribution in [1.82, 2.24) is 0 Å². The molecular weight excluding hydrogens is 189 g/mol. The largest absolute Gasteiger partial charge is 1.00 e. The SMILES string of the molecule is C/C=C/C.[Cl-].[Cl-].[Ga]. The van der Waals surface area contributed by atoms with E-state index in [9.17, 15) is 0 Å². The maximum absolute atomic E-state index is 2.00. The number of rotatable bonds is 0. The van der Waals surface area contributed by atoms with Gasteiger partial charge in [-0.3, -0.25) is 0 Å². The fourth-order valence-electron chi connectivity index (χ4n) is 0. The van der Waals surface area contributed by atoms with Gasteiger partial charge in [-0.25, -0.2) is 0 Å². The molecule has 0 aromatic rings. The van der Waals surface area contributed by atoms with Gasteiger partial charge in [0, 0.05) is 19.8 Å². The van der Waals surface area contributed by atoms with E-state index in [1.807, 2.05) is 26.0 Å². The Morgan fingerprint density at radius 1 is 0.857 bits per heavy atom. The topological polar surface area (TPSA) is 0 Å². The molecule has 0 aromatic heterocycles. The van der Waals surface area contributed by atoms with Crippen LogP contribution in [0.2, 0.25) is 0 Å². The minimum absolute atomic E-state index is 0. The van der Waals surface area contributed by atoms with Crippen LogP contribution in [0.5, 0.6) is 0 Å². The van der Waals surface area contributed by atoms with Gasteiger partial charge < -0.3 is 24.8 Å². The smallest absolute Gasteiger partial charge is 0 e. The summed E-state index contributed by atoms with van der Waals surface area (Å²) in [6.07, 6.45) is 4.00. The molecule has 0 aliphatic carbocycles. The van der Waals surface area contributed by atoms with Crippen LogP contribution in [0.15, 0.2) is 12.2 Å². The third-order valence-corrected chi connectivity index (χ3v) is 0.333. The van der Waals surface area contributed by atoms with Crippen LogP contribution in [-0.2, 0) is 0 Å². The molecule has 7 heavy (non-hydrogen) atoms. The monoisotopic (exact) mass is 195 g/mol. The van der Waals surface area contributed by atoms with Crippen molar-refractivity contribution in [3.8, 4) is 0 Å². The number of hydrogen-bond acceptors (Lipinski definition) is 0. The normalized spacial score (nSPS) is 5.43. The average Bonchev–Trinajstić information content (AvgIpc) is 1.37. The summed E-state index contributed by atoms with van der Waals surface area (Å²) in [5, 5.41) is 0. The Hall–Kier alpha value is 0.956. The molecule has 0 saturated heterocycles. The quantitative estimate of drug-likeness (QED) is 0.270. The summed E-state index contributed by atoms with van der Waals surface area (Å²) in [6.45, 7) is 4.00. The van der Waals surface area contributed by atoms with Crippen LogP contribution in [0.25, 0.3) is 0 Å². The van der Waals surface area contributed by atoms with Crippen LogP contribution < -0.4 is 24.8 Å². The molecule has 0 aliphatic rings. The second-order valence-electron chi connectivity index (χ2n) is 0.667. The fourth-order valence-corrected chi connectivity index (χ4v) is 0. The van der Waals surface area contributed by atoms with Gasteiger partial charge in [0.05, 0.1) is 0 Å². The minimum Gasteiger partial charge on any atom is -1.00 e. The summed E-state index contributed by atoms with van der Waals surface area (Å²) >= 11 is 0. The molecule has 0 aromatic carbocycles. The van der Waals surface area contributed by atoms with Gasteiger partial charge in [-0.15, -0.1) is 0 Å². The molecule has 0 saturated carbocycles. The second-order valence-corrected chi connectivity index (χ2v) is 0.667. The van der Waals surface area contributed by atoms with Gasteiger partial charge in [-0.2, -0.15) is 0 Å². The number of allylic oxidation sites excluding steroid dienone is 2. The molecular formula is C4H8Cl2Ga-2. The summed E-state index contributed by atoms with van der Waals surface area (Å²) in [5.41, 5.74) is 0. The van der Waals surface area contributed by atoms with Crippen molar-refractivity contribution < 1.29 is 24.8 Å². The van der Waals surface area contributed by atoms with Gasteiger partial charge >= 0.3 is 0 Å². The molecule has 0 heterocycles. The van der Waals surface area contributed by atoms with Crippen molar-refractivity contribution in [2.45, 2.75) is 13.8 Å². The summed E-state index contributed by atoms with van der Waals surface area (Å²) in [4.78, 5) is 0. The van der Waals surface area contributed by atoms with Crippen LogP contribution in [0.3, 0.4) is 0 Å². The van der Waals surface area contributed by atoms with Gasteiger partial charge in [-0.1, -0.05) is 12.2 Å². The van der Waals surface area contributed by atoms with Crippen molar-refractivity contribution in [2.24, 2.45) is 0 Å². The summed E-state index contributed by atoms with van der Waals surface area (Å²) < 4.78 is 0. The van der Waals surface area contributed by atoms with E-state index < -0.39 is 0 Å². The number of halogens is 2. The molecule has 0 spiro atoms. The van der Waals surface area contributed by atoms with E-state index in [4.69, 9.17) is 0 Å². The second kappa shape index (κ2) is 28.2. The van der Waals surface area contributed by atoms with Gasteiger partial charge in [0.25, 0.3) is 0 Å². The zero-order chi connectivity index (χ0) is 3.41. The van der Waals surface area contributed by atoms with Crippen LogP contribution in [-0.4, -0.2) is 19.8 Å². The molecule has 0 fully saturated rings. The summed E-state index contributed by atoms with van der Waals surface area (Å²) in [5.74, 6) is 0. The molecule has 0 rings (SSSR count). The van der Waals surface area contributed by atoms with Gasteiger partial charge in [-0.05, 0) is 13.8 Å². The van der Waals surface area contributed by atoms with Crippen molar-refractivity contribution in [2.75, 3.05) is 0 Å². The van der Waals surface area contributed by atoms with E-state index in [1.54, 1.807) is 0 Å². The first kappa shape index (κ1) is 24.6. The Morgan fingerprint density at radius 3 is 1.00 bits per heavy atom. The van der Waals surface area contributed by atoms with Gasteiger partial charge in [0.15, 0.2) is 0 Å². The Morgan fingerprint density at radius 2 is 1.00 bits per heavy atom. The predicted octanol–water partition coefficient (Wildman–Crippen LogP) is -4.79. The van der Waals surface area contributed by atoms with Crippen LogP contribution >= 0.6 is 0 Å². The molecule has 0 unspecified atom stereocenters. The fraction of sp³-hybridized carbons (Fsp3) is 0.500.